The van der Waals surface area contributed by atoms with Crippen LogP contribution >= 0.6 is 0 Å². The molecule has 3 rings (SSSR count). The third kappa shape index (κ3) is 6.00. The number of hydrogen-bond acceptors (Lipinski definition) is 3. The minimum atomic E-state index is -3.25. The summed E-state index contributed by atoms with van der Waals surface area (Å²) in [5, 5.41) is 0. The second-order valence-electron chi connectivity index (χ2n) is 7.63. The van der Waals surface area contributed by atoms with Crippen LogP contribution in [0, 0.1) is 11.6 Å². The van der Waals surface area contributed by atoms with Gasteiger partial charge in [0.25, 0.3) is 5.92 Å². The van der Waals surface area contributed by atoms with E-state index < -0.39 is 36.3 Å². The second-order valence-corrected chi connectivity index (χ2v) is 7.63. The number of rotatable bonds is 8. The van der Waals surface area contributed by atoms with Crippen molar-refractivity contribution < 1.29 is 31.8 Å². The monoisotopic (exact) mass is 438 g/mol. The molecule has 2 unspecified atom stereocenters. The second kappa shape index (κ2) is 10.2. The molecule has 2 aromatic rings. The molecule has 1 heterocycles. The Hall–Kier alpha value is -2.54. The molecule has 1 aliphatic rings. The lowest BCUT2D eigenvalue weighted by atomic mass is 9.90. The Bertz CT molecular complexity index is 888. The van der Waals surface area contributed by atoms with Gasteiger partial charge in [-0.3, -0.25) is 0 Å². The van der Waals surface area contributed by atoms with Gasteiger partial charge >= 0.3 is 0 Å². The molecule has 0 N–H and O–H groups in total. The fraction of sp³-hybridized carbons (Fsp3) is 0.417. The summed E-state index contributed by atoms with van der Waals surface area (Å²) in [4.78, 5) is 0. The molecule has 0 aromatic heterocycles. The van der Waals surface area contributed by atoms with Crippen molar-refractivity contribution >= 4 is 0 Å². The van der Waals surface area contributed by atoms with Crippen molar-refractivity contribution in [2.75, 3.05) is 20.3 Å². The maximum atomic E-state index is 14.4. The van der Waals surface area contributed by atoms with Crippen LogP contribution < -0.4 is 9.47 Å². The topological polar surface area (TPSA) is 27.7 Å². The van der Waals surface area contributed by atoms with E-state index in [4.69, 9.17) is 9.47 Å². The summed E-state index contributed by atoms with van der Waals surface area (Å²) < 4.78 is 71.6. The van der Waals surface area contributed by atoms with Gasteiger partial charge in [-0.05, 0) is 43.0 Å². The minimum absolute atomic E-state index is 0.142. The third-order valence-electron chi connectivity index (χ3n) is 5.30. The average molecular weight is 438 g/mol. The highest BCUT2D eigenvalue weighted by atomic mass is 19.3. The van der Waals surface area contributed by atoms with E-state index in [0.29, 0.717) is 12.2 Å². The van der Waals surface area contributed by atoms with E-state index in [1.807, 2.05) is 31.2 Å². The molecule has 168 valence electrons. The Labute approximate surface area is 179 Å². The fourth-order valence-corrected chi connectivity index (χ4v) is 3.63. The van der Waals surface area contributed by atoms with E-state index in [0.717, 1.165) is 30.5 Å². The number of benzene rings is 2. The van der Waals surface area contributed by atoms with Gasteiger partial charge in [-0.25, -0.2) is 8.78 Å². The van der Waals surface area contributed by atoms with Crippen LogP contribution in [0.15, 0.2) is 48.6 Å². The smallest absolute Gasteiger partial charge is 0.285 e. The van der Waals surface area contributed by atoms with Gasteiger partial charge in [0, 0.05) is 12.3 Å². The quantitative estimate of drug-likeness (QED) is 0.370. The standard InChI is InChI=1S/C24H26F4O3/c1-3-4-19-10-9-18(14-30-19)17-7-5-16(6-8-17)13-24(27,28)15-31-21-12-11-20(29-2)22(25)23(21)26/h3-8,11-12,18-19H,9-10,13-15H2,1-2H3/b4-3+. The Morgan fingerprint density at radius 1 is 1.03 bits per heavy atom. The predicted molar refractivity (Wildman–Crippen MR) is 110 cm³/mol. The molecule has 1 fully saturated rings. The van der Waals surface area contributed by atoms with Crippen LogP contribution in [-0.2, 0) is 11.2 Å². The van der Waals surface area contributed by atoms with E-state index in [1.54, 1.807) is 12.1 Å². The van der Waals surface area contributed by atoms with Crippen LogP contribution in [0.4, 0.5) is 17.6 Å². The number of alkyl halides is 2. The summed E-state index contributed by atoms with van der Waals surface area (Å²) in [7, 11) is 1.18. The average Bonchev–Trinajstić information content (AvgIpc) is 2.76. The van der Waals surface area contributed by atoms with Crippen LogP contribution in [0.25, 0.3) is 0 Å². The molecule has 3 nitrogen and oxygen atoms in total. The predicted octanol–water partition coefficient (Wildman–Crippen LogP) is 6.07. The van der Waals surface area contributed by atoms with Crippen LogP contribution in [0.5, 0.6) is 11.5 Å². The number of halogens is 4. The Balaban J connectivity index is 1.56. The molecule has 2 aromatic carbocycles. The van der Waals surface area contributed by atoms with Gasteiger partial charge < -0.3 is 14.2 Å². The number of methoxy groups -OCH3 is 1. The lowest BCUT2D eigenvalue weighted by Gasteiger charge is -2.28. The van der Waals surface area contributed by atoms with Crippen molar-refractivity contribution in [1.82, 2.24) is 0 Å². The lowest BCUT2D eigenvalue weighted by Crippen LogP contribution is -2.28. The van der Waals surface area contributed by atoms with Gasteiger partial charge in [0.05, 0.1) is 19.8 Å². The van der Waals surface area contributed by atoms with Gasteiger partial charge in [-0.1, -0.05) is 36.4 Å². The molecule has 0 saturated carbocycles. The van der Waals surface area contributed by atoms with Crippen LogP contribution in [0.3, 0.4) is 0 Å². The van der Waals surface area contributed by atoms with E-state index in [2.05, 4.69) is 4.74 Å². The number of ether oxygens (including phenoxy) is 3. The molecule has 1 aliphatic heterocycles. The highest BCUT2D eigenvalue weighted by Gasteiger charge is 2.31. The lowest BCUT2D eigenvalue weighted by molar-refractivity contribution is -0.0410. The van der Waals surface area contributed by atoms with Crippen molar-refractivity contribution in [1.29, 1.82) is 0 Å². The molecular formula is C24H26F4O3. The molecule has 1 saturated heterocycles. The maximum absolute atomic E-state index is 14.4. The first-order valence-electron chi connectivity index (χ1n) is 10.2. The third-order valence-corrected chi connectivity index (χ3v) is 5.30. The molecule has 0 amide bonds. The number of allylic oxidation sites excluding steroid dienone is 1. The highest BCUT2D eigenvalue weighted by Crippen LogP contribution is 2.31. The molecular weight excluding hydrogens is 412 g/mol. The molecule has 31 heavy (non-hydrogen) atoms. The van der Waals surface area contributed by atoms with Crippen molar-refractivity contribution in [3.63, 3.8) is 0 Å². The van der Waals surface area contributed by atoms with Crippen molar-refractivity contribution in [2.24, 2.45) is 0 Å². The molecule has 0 spiro atoms. The SMILES string of the molecule is C/C=C/C1CCC(c2ccc(CC(F)(F)COc3ccc(OC)c(F)c3F)cc2)CO1. The zero-order valence-electron chi connectivity index (χ0n) is 17.5. The summed E-state index contributed by atoms with van der Waals surface area (Å²) in [6, 6.07) is 9.20. The van der Waals surface area contributed by atoms with E-state index in [-0.39, 0.29) is 17.8 Å². The highest BCUT2D eigenvalue weighted by molar-refractivity contribution is 5.35. The summed E-state index contributed by atoms with van der Waals surface area (Å²) >= 11 is 0. The Morgan fingerprint density at radius 3 is 2.32 bits per heavy atom. The van der Waals surface area contributed by atoms with Crippen molar-refractivity contribution in [3.8, 4) is 11.5 Å². The van der Waals surface area contributed by atoms with Gasteiger partial charge in [0.2, 0.25) is 11.6 Å². The van der Waals surface area contributed by atoms with Gasteiger partial charge in [-0.15, -0.1) is 0 Å². The minimum Gasteiger partial charge on any atom is -0.494 e. The van der Waals surface area contributed by atoms with Gasteiger partial charge in [0.15, 0.2) is 18.1 Å². The van der Waals surface area contributed by atoms with Gasteiger partial charge in [0.1, 0.15) is 0 Å². The zero-order valence-corrected chi connectivity index (χ0v) is 17.5. The van der Waals surface area contributed by atoms with Crippen LogP contribution in [0.1, 0.15) is 36.8 Å². The van der Waals surface area contributed by atoms with E-state index in [1.165, 1.54) is 7.11 Å². The molecule has 0 bridgehead atoms. The largest absolute Gasteiger partial charge is 0.494 e. The fourth-order valence-electron chi connectivity index (χ4n) is 3.63. The van der Waals surface area contributed by atoms with Crippen LogP contribution in [0.2, 0.25) is 0 Å². The first kappa shape index (κ1) is 23.1. The Kier molecular flexibility index (Phi) is 7.59. The normalized spacial score (nSPS) is 19.5. The number of hydrogen-bond donors (Lipinski definition) is 0. The first-order valence-corrected chi connectivity index (χ1v) is 10.2. The molecule has 0 radical (unpaired) electrons. The summed E-state index contributed by atoms with van der Waals surface area (Å²) in [5.41, 5.74) is 1.49. The molecule has 0 aliphatic carbocycles. The van der Waals surface area contributed by atoms with Gasteiger partial charge in [-0.2, -0.15) is 8.78 Å². The van der Waals surface area contributed by atoms with E-state index >= 15 is 0 Å². The summed E-state index contributed by atoms with van der Waals surface area (Å²) in [6.07, 6.45) is 5.48. The molecule has 2 atom stereocenters. The summed E-state index contributed by atoms with van der Waals surface area (Å²) in [6.45, 7) is 1.49. The van der Waals surface area contributed by atoms with E-state index in [9.17, 15) is 17.6 Å². The maximum Gasteiger partial charge on any atom is 0.285 e. The Morgan fingerprint density at radius 2 is 1.71 bits per heavy atom. The molecule has 7 heteroatoms. The van der Waals surface area contributed by atoms with Crippen molar-refractivity contribution in [3.05, 3.63) is 71.3 Å². The first-order chi connectivity index (χ1) is 14.8. The van der Waals surface area contributed by atoms with Crippen molar-refractivity contribution in [2.45, 2.75) is 44.1 Å². The zero-order chi connectivity index (χ0) is 22.4. The van der Waals surface area contributed by atoms with Crippen LogP contribution in [-0.4, -0.2) is 32.4 Å². The summed E-state index contributed by atoms with van der Waals surface area (Å²) in [5.74, 6) is -6.54.